The summed E-state index contributed by atoms with van der Waals surface area (Å²) < 4.78 is 2.95. The molecule has 1 N–H and O–H groups in total. The van der Waals surface area contributed by atoms with Gasteiger partial charge in [-0.15, -0.1) is 0 Å². The third-order valence-electron chi connectivity index (χ3n) is 6.31. The fourth-order valence-electron chi connectivity index (χ4n) is 4.36. The maximum absolute atomic E-state index is 12.9. The second-order valence-corrected chi connectivity index (χ2v) is 8.74. The van der Waals surface area contributed by atoms with Crippen LogP contribution in [0.15, 0.2) is 71.9 Å². The number of rotatable bonds is 8. The average molecular weight is 502 g/mol. The quantitative estimate of drug-likeness (QED) is 0.286. The molecule has 0 spiro atoms. The lowest BCUT2D eigenvalue weighted by Crippen LogP contribution is -2.35. The molecule has 3 heterocycles. The number of amides is 2. The van der Waals surface area contributed by atoms with E-state index >= 15 is 0 Å². The molecule has 188 valence electrons. The summed E-state index contributed by atoms with van der Waals surface area (Å²) >= 11 is 0. The van der Waals surface area contributed by atoms with E-state index in [9.17, 15) is 24.5 Å². The average Bonchev–Trinajstić information content (AvgIpc) is 3.50. The minimum Gasteiger partial charge on any atom is -0.354 e. The fourth-order valence-corrected chi connectivity index (χ4v) is 4.36. The Kier molecular flexibility index (Phi) is 6.45. The van der Waals surface area contributed by atoms with E-state index in [2.05, 4.69) is 15.4 Å². The third kappa shape index (κ3) is 4.94. The first-order valence-corrected chi connectivity index (χ1v) is 11.7. The van der Waals surface area contributed by atoms with Crippen molar-refractivity contribution < 1.29 is 14.5 Å². The van der Waals surface area contributed by atoms with Gasteiger partial charge in [0, 0.05) is 37.3 Å². The van der Waals surface area contributed by atoms with Crippen LogP contribution in [0.4, 0.5) is 11.4 Å². The van der Waals surface area contributed by atoms with Crippen LogP contribution in [0.25, 0.3) is 11.0 Å². The summed E-state index contributed by atoms with van der Waals surface area (Å²) in [6.45, 7) is 1.10. The Bertz CT molecular complexity index is 1530. The molecule has 12 nitrogen and oxygen atoms in total. The number of hydrogen-bond acceptors (Lipinski definition) is 7. The van der Waals surface area contributed by atoms with Gasteiger partial charge >= 0.3 is 0 Å². The molecule has 37 heavy (non-hydrogen) atoms. The van der Waals surface area contributed by atoms with E-state index in [4.69, 9.17) is 0 Å². The first kappa shape index (κ1) is 23.9. The van der Waals surface area contributed by atoms with Crippen molar-refractivity contribution in [3.63, 3.8) is 0 Å². The Hall–Kier alpha value is -4.87. The van der Waals surface area contributed by atoms with Crippen molar-refractivity contribution in [1.82, 2.24) is 24.6 Å². The van der Waals surface area contributed by atoms with Gasteiger partial charge in [-0.25, -0.2) is 9.67 Å². The first-order valence-electron chi connectivity index (χ1n) is 11.7. The smallest absolute Gasteiger partial charge is 0.269 e. The van der Waals surface area contributed by atoms with Crippen molar-refractivity contribution in [3.8, 4) is 0 Å². The van der Waals surface area contributed by atoms with Crippen LogP contribution >= 0.6 is 0 Å². The highest BCUT2D eigenvalue weighted by atomic mass is 16.6. The summed E-state index contributed by atoms with van der Waals surface area (Å²) in [7, 11) is 0. The van der Waals surface area contributed by atoms with Gasteiger partial charge in [0.15, 0.2) is 5.65 Å². The lowest BCUT2D eigenvalue weighted by molar-refractivity contribution is -0.384. The Morgan fingerprint density at radius 3 is 2.59 bits per heavy atom. The van der Waals surface area contributed by atoms with E-state index in [0.717, 1.165) is 11.3 Å². The Morgan fingerprint density at radius 1 is 1.11 bits per heavy atom. The predicted octanol–water partition coefficient (Wildman–Crippen LogP) is 1.72. The van der Waals surface area contributed by atoms with E-state index in [0.29, 0.717) is 24.1 Å². The number of para-hydroxylation sites is 1. The number of non-ortho nitro benzene ring substituents is 1. The van der Waals surface area contributed by atoms with E-state index in [1.807, 2.05) is 30.3 Å². The largest absolute Gasteiger partial charge is 0.354 e. The van der Waals surface area contributed by atoms with Crippen molar-refractivity contribution in [2.45, 2.75) is 19.5 Å². The molecule has 5 rings (SSSR count). The molecule has 1 atom stereocenters. The van der Waals surface area contributed by atoms with Gasteiger partial charge in [0.05, 0.1) is 30.1 Å². The number of benzene rings is 2. The maximum atomic E-state index is 12.9. The van der Waals surface area contributed by atoms with Gasteiger partial charge in [0.2, 0.25) is 11.8 Å². The Morgan fingerprint density at radius 2 is 1.86 bits per heavy atom. The SMILES string of the molecule is O=C(NCCn1ncc2c(=O)n(Cc3ccc([N+](=O)[O-])cc3)cnc21)C1CC(=O)N(c2ccccc2)C1. The number of nitro benzene ring substituents is 1. The molecule has 2 amide bonds. The zero-order valence-electron chi connectivity index (χ0n) is 19.7. The third-order valence-corrected chi connectivity index (χ3v) is 6.31. The summed E-state index contributed by atoms with van der Waals surface area (Å²) in [6, 6.07) is 15.2. The van der Waals surface area contributed by atoms with Crippen LogP contribution in [-0.4, -0.2) is 49.2 Å². The highest BCUT2D eigenvalue weighted by Crippen LogP contribution is 2.24. The number of anilines is 1. The number of hydrogen-bond donors (Lipinski definition) is 1. The molecular weight excluding hydrogens is 478 g/mol. The number of carbonyl (C=O) groups excluding carboxylic acids is 2. The standard InChI is InChI=1S/C25H23N7O5/c33-22-12-18(15-30(22)19-4-2-1-3-5-19)24(34)26-10-11-31-23-21(13-28-31)25(35)29(16-27-23)14-17-6-8-20(9-7-17)32(36)37/h1-9,13,16,18H,10-12,14-15H2,(H,26,34). The minimum atomic E-state index is -0.479. The van der Waals surface area contributed by atoms with E-state index in [-0.39, 0.29) is 42.6 Å². The summed E-state index contributed by atoms with van der Waals surface area (Å²) in [4.78, 5) is 54.3. The fraction of sp³-hybridized carbons (Fsp3) is 0.240. The van der Waals surface area contributed by atoms with Crippen molar-refractivity contribution >= 4 is 34.2 Å². The van der Waals surface area contributed by atoms with Crippen molar-refractivity contribution in [2.75, 3.05) is 18.0 Å². The molecule has 12 heteroatoms. The summed E-state index contributed by atoms with van der Waals surface area (Å²) in [5, 5.41) is 18.3. The van der Waals surface area contributed by atoms with Crippen LogP contribution < -0.4 is 15.8 Å². The van der Waals surface area contributed by atoms with E-state index in [1.165, 1.54) is 29.2 Å². The molecule has 1 fully saturated rings. The number of fused-ring (bicyclic) bond motifs is 1. The Labute approximate surface area is 210 Å². The van der Waals surface area contributed by atoms with Crippen LogP contribution in [0.5, 0.6) is 0 Å². The van der Waals surface area contributed by atoms with Gasteiger partial charge in [-0.3, -0.25) is 29.1 Å². The maximum Gasteiger partial charge on any atom is 0.269 e. The highest BCUT2D eigenvalue weighted by Gasteiger charge is 2.34. The number of nitrogens with one attached hydrogen (secondary N) is 1. The number of nitro groups is 1. The summed E-state index contributed by atoms with van der Waals surface area (Å²) in [5.41, 5.74) is 1.58. The van der Waals surface area contributed by atoms with Gasteiger partial charge in [0.25, 0.3) is 11.2 Å². The normalized spacial score (nSPS) is 15.3. The predicted molar refractivity (Wildman–Crippen MR) is 134 cm³/mol. The molecule has 1 aliphatic heterocycles. The van der Waals surface area contributed by atoms with Gasteiger partial charge in [0.1, 0.15) is 11.7 Å². The summed E-state index contributed by atoms with van der Waals surface area (Å²) in [6.07, 6.45) is 3.00. The monoisotopic (exact) mass is 501 g/mol. The second-order valence-electron chi connectivity index (χ2n) is 8.74. The Balaban J connectivity index is 1.20. The molecule has 1 aliphatic rings. The van der Waals surface area contributed by atoms with Crippen LogP contribution in [0.3, 0.4) is 0 Å². The molecule has 1 saturated heterocycles. The van der Waals surface area contributed by atoms with Gasteiger partial charge in [-0.05, 0) is 17.7 Å². The molecule has 1 unspecified atom stereocenters. The number of carbonyl (C=O) groups is 2. The molecule has 2 aromatic heterocycles. The zero-order chi connectivity index (χ0) is 25.9. The van der Waals surface area contributed by atoms with Crippen LogP contribution in [0.2, 0.25) is 0 Å². The van der Waals surface area contributed by atoms with E-state index in [1.54, 1.807) is 21.7 Å². The van der Waals surface area contributed by atoms with Gasteiger partial charge in [-0.2, -0.15) is 5.10 Å². The van der Waals surface area contributed by atoms with E-state index < -0.39 is 10.8 Å². The molecule has 2 aromatic carbocycles. The lowest BCUT2D eigenvalue weighted by atomic mass is 10.1. The highest BCUT2D eigenvalue weighted by molar-refractivity contribution is 6.00. The minimum absolute atomic E-state index is 0.0221. The molecular formula is C25H23N7O5. The second kappa shape index (κ2) is 10.0. The first-order chi connectivity index (χ1) is 17.9. The number of nitrogens with zero attached hydrogens (tertiary/aromatic N) is 6. The number of aromatic nitrogens is 4. The molecule has 4 aromatic rings. The summed E-state index contributed by atoms with van der Waals surface area (Å²) in [5.74, 6) is -0.730. The topological polar surface area (TPSA) is 145 Å². The van der Waals surface area contributed by atoms with Gasteiger partial charge in [-0.1, -0.05) is 30.3 Å². The molecule has 0 aliphatic carbocycles. The zero-order valence-corrected chi connectivity index (χ0v) is 19.7. The van der Waals surface area contributed by atoms with Crippen LogP contribution in [0.1, 0.15) is 12.0 Å². The van der Waals surface area contributed by atoms with Crippen LogP contribution in [-0.2, 0) is 22.7 Å². The van der Waals surface area contributed by atoms with Gasteiger partial charge < -0.3 is 10.2 Å². The molecule has 0 saturated carbocycles. The lowest BCUT2D eigenvalue weighted by Gasteiger charge is -2.16. The van der Waals surface area contributed by atoms with Crippen LogP contribution in [0, 0.1) is 16.0 Å². The molecule has 0 bridgehead atoms. The molecule has 0 radical (unpaired) electrons. The van der Waals surface area contributed by atoms with Crippen molar-refractivity contribution in [1.29, 1.82) is 0 Å². The van der Waals surface area contributed by atoms with Crippen molar-refractivity contribution in [3.05, 3.63) is 93.2 Å². The van der Waals surface area contributed by atoms with Crippen molar-refractivity contribution in [2.24, 2.45) is 5.92 Å².